The van der Waals surface area contributed by atoms with Gasteiger partial charge in [-0.2, -0.15) is 0 Å². The van der Waals surface area contributed by atoms with E-state index in [0.717, 1.165) is 11.3 Å². The first-order valence-corrected chi connectivity index (χ1v) is 8.20. The van der Waals surface area contributed by atoms with Crippen molar-refractivity contribution in [1.29, 1.82) is 0 Å². The van der Waals surface area contributed by atoms with Crippen LogP contribution in [0.5, 0.6) is 5.75 Å². The summed E-state index contributed by atoms with van der Waals surface area (Å²) >= 11 is 0. The van der Waals surface area contributed by atoms with Crippen molar-refractivity contribution in [1.82, 2.24) is 5.32 Å². The SMILES string of the molecule is C=CCOc1ccc(CNC(C)CS(C)(=O)=O)cc1. The lowest BCUT2D eigenvalue weighted by atomic mass is 10.2. The average Bonchev–Trinajstić information content (AvgIpc) is 2.33. The van der Waals surface area contributed by atoms with Gasteiger partial charge in [-0.05, 0) is 24.6 Å². The fourth-order valence-corrected chi connectivity index (χ4v) is 2.69. The molecule has 0 aliphatic heterocycles. The summed E-state index contributed by atoms with van der Waals surface area (Å²) in [6, 6.07) is 7.63. The molecule has 0 heterocycles. The number of ether oxygens (including phenoxy) is 1. The smallest absolute Gasteiger partial charge is 0.148 e. The normalized spacial score (nSPS) is 12.9. The van der Waals surface area contributed by atoms with Crippen LogP contribution in [-0.2, 0) is 16.4 Å². The van der Waals surface area contributed by atoms with E-state index in [1.54, 1.807) is 6.08 Å². The van der Waals surface area contributed by atoms with Crippen LogP contribution in [0.15, 0.2) is 36.9 Å². The van der Waals surface area contributed by atoms with E-state index in [1.807, 2.05) is 31.2 Å². The van der Waals surface area contributed by atoms with Gasteiger partial charge in [-0.25, -0.2) is 8.42 Å². The summed E-state index contributed by atoms with van der Waals surface area (Å²) in [5.41, 5.74) is 1.09. The van der Waals surface area contributed by atoms with E-state index in [-0.39, 0.29) is 11.8 Å². The van der Waals surface area contributed by atoms with Crippen molar-refractivity contribution in [3.63, 3.8) is 0 Å². The predicted molar refractivity (Wildman–Crippen MR) is 78.1 cm³/mol. The third-order valence-electron chi connectivity index (χ3n) is 2.50. The van der Waals surface area contributed by atoms with Crippen LogP contribution in [-0.4, -0.2) is 33.1 Å². The van der Waals surface area contributed by atoms with Gasteiger partial charge in [0.2, 0.25) is 0 Å². The molecule has 0 aliphatic rings. The summed E-state index contributed by atoms with van der Waals surface area (Å²) in [5.74, 6) is 0.945. The van der Waals surface area contributed by atoms with Gasteiger partial charge in [0.15, 0.2) is 0 Å². The second-order valence-electron chi connectivity index (χ2n) is 4.62. The van der Waals surface area contributed by atoms with Crippen molar-refractivity contribution >= 4 is 9.84 Å². The fourth-order valence-electron chi connectivity index (χ4n) is 1.66. The third-order valence-corrected chi connectivity index (χ3v) is 3.60. The van der Waals surface area contributed by atoms with Crippen molar-refractivity contribution < 1.29 is 13.2 Å². The number of nitrogens with one attached hydrogen (secondary N) is 1. The molecule has 1 atom stereocenters. The summed E-state index contributed by atoms with van der Waals surface area (Å²) in [6.07, 6.45) is 2.94. The van der Waals surface area contributed by atoms with Crippen molar-refractivity contribution in [2.45, 2.75) is 19.5 Å². The lowest BCUT2D eigenvalue weighted by molar-refractivity contribution is 0.363. The Kier molecular flexibility index (Phi) is 6.05. The molecule has 4 nitrogen and oxygen atoms in total. The number of hydrogen-bond acceptors (Lipinski definition) is 4. The average molecular weight is 283 g/mol. The van der Waals surface area contributed by atoms with Gasteiger partial charge in [0, 0.05) is 18.8 Å². The Bertz CT molecular complexity index is 494. The van der Waals surface area contributed by atoms with E-state index in [1.165, 1.54) is 6.26 Å². The standard InChI is InChI=1S/C14H21NO3S/c1-4-9-18-14-7-5-13(6-8-14)10-15-12(2)11-19(3,16)17/h4-8,12,15H,1,9-11H2,2-3H3. The van der Waals surface area contributed by atoms with E-state index >= 15 is 0 Å². The zero-order valence-electron chi connectivity index (χ0n) is 11.4. The molecule has 0 saturated heterocycles. The van der Waals surface area contributed by atoms with Gasteiger partial charge in [0.25, 0.3) is 0 Å². The van der Waals surface area contributed by atoms with Crippen molar-refractivity contribution in [2.75, 3.05) is 18.6 Å². The van der Waals surface area contributed by atoms with Gasteiger partial charge in [0.05, 0.1) is 5.75 Å². The van der Waals surface area contributed by atoms with E-state index in [2.05, 4.69) is 11.9 Å². The van der Waals surface area contributed by atoms with Gasteiger partial charge in [-0.15, -0.1) is 0 Å². The zero-order chi connectivity index (χ0) is 14.3. The molecule has 1 rings (SSSR count). The molecule has 0 saturated carbocycles. The maximum atomic E-state index is 11.1. The molecule has 0 fully saturated rings. The first-order chi connectivity index (χ1) is 8.90. The molecule has 106 valence electrons. The van der Waals surface area contributed by atoms with E-state index in [0.29, 0.717) is 13.2 Å². The number of hydrogen-bond donors (Lipinski definition) is 1. The molecular formula is C14H21NO3S. The maximum Gasteiger partial charge on any atom is 0.148 e. The van der Waals surface area contributed by atoms with Gasteiger partial charge in [-0.3, -0.25) is 0 Å². The minimum Gasteiger partial charge on any atom is -0.490 e. The summed E-state index contributed by atoms with van der Waals surface area (Å²) in [4.78, 5) is 0. The fraction of sp³-hybridized carbons (Fsp3) is 0.429. The molecular weight excluding hydrogens is 262 g/mol. The highest BCUT2D eigenvalue weighted by Gasteiger charge is 2.09. The summed E-state index contributed by atoms with van der Waals surface area (Å²) in [6.45, 7) is 6.58. The highest BCUT2D eigenvalue weighted by molar-refractivity contribution is 7.90. The molecule has 0 aliphatic carbocycles. The lowest BCUT2D eigenvalue weighted by Crippen LogP contribution is -2.32. The summed E-state index contributed by atoms with van der Waals surface area (Å²) in [5, 5.41) is 3.18. The Morgan fingerprint density at radius 1 is 1.37 bits per heavy atom. The van der Waals surface area contributed by atoms with Crippen LogP contribution in [0, 0.1) is 0 Å². The maximum absolute atomic E-state index is 11.1. The molecule has 1 unspecified atom stereocenters. The molecule has 1 aromatic carbocycles. The van der Waals surface area contributed by atoms with Crippen LogP contribution in [0.25, 0.3) is 0 Å². The van der Waals surface area contributed by atoms with Crippen LogP contribution >= 0.6 is 0 Å². The largest absolute Gasteiger partial charge is 0.490 e. The molecule has 0 amide bonds. The van der Waals surface area contributed by atoms with Crippen LogP contribution in [0.2, 0.25) is 0 Å². The Balaban J connectivity index is 2.43. The Morgan fingerprint density at radius 3 is 2.53 bits per heavy atom. The number of benzene rings is 1. The van der Waals surface area contributed by atoms with Crippen LogP contribution < -0.4 is 10.1 Å². The second kappa shape index (κ2) is 7.31. The first kappa shape index (κ1) is 15.7. The Morgan fingerprint density at radius 2 is 2.00 bits per heavy atom. The van der Waals surface area contributed by atoms with E-state index in [9.17, 15) is 8.42 Å². The van der Waals surface area contributed by atoms with Crippen LogP contribution in [0.4, 0.5) is 0 Å². The first-order valence-electron chi connectivity index (χ1n) is 6.14. The molecule has 19 heavy (non-hydrogen) atoms. The molecule has 0 spiro atoms. The topological polar surface area (TPSA) is 55.4 Å². The van der Waals surface area contributed by atoms with Crippen molar-refractivity contribution in [2.24, 2.45) is 0 Å². The number of sulfone groups is 1. The molecule has 1 N–H and O–H groups in total. The predicted octanol–water partition coefficient (Wildman–Crippen LogP) is 1.77. The molecule has 0 radical (unpaired) electrons. The minimum absolute atomic E-state index is 0.0632. The summed E-state index contributed by atoms with van der Waals surface area (Å²) < 4.78 is 27.7. The van der Waals surface area contributed by atoms with E-state index in [4.69, 9.17) is 4.74 Å². The molecule has 5 heteroatoms. The van der Waals surface area contributed by atoms with Gasteiger partial charge in [-0.1, -0.05) is 24.8 Å². The van der Waals surface area contributed by atoms with Gasteiger partial charge < -0.3 is 10.1 Å². The summed E-state index contributed by atoms with van der Waals surface area (Å²) in [7, 11) is -2.94. The quantitative estimate of drug-likeness (QED) is 0.739. The van der Waals surface area contributed by atoms with Crippen molar-refractivity contribution in [3.8, 4) is 5.75 Å². The molecule has 0 bridgehead atoms. The third kappa shape index (κ3) is 6.98. The van der Waals surface area contributed by atoms with E-state index < -0.39 is 9.84 Å². The minimum atomic E-state index is -2.94. The van der Waals surface area contributed by atoms with Gasteiger partial charge >= 0.3 is 0 Å². The monoisotopic (exact) mass is 283 g/mol. The highest BCUT2D eigenvalue weighted by Crippen LogP contribution is 2.12. The molecule has 1 aromatic rings. The van der Waals surface area contributed by atoms with Crippen molar-refractivity contribution in [3.05, 3.63) is 42.5 Å². The van der Waals surface area contributed by atoms with Crippen LogP contribution in [0.3, 0.4) is 0 Å². The second-order valence-corrected chi connectivity index (χ2v) is 6.80. The molecule has 0 aromatic heterocycles. The van der Waals surface area contributed by atoms with Gasteiger partial charge in [0.1, 0.15) is 22.2 Å². The lowest BCUT2D eigenvalue weighted by Gasteiger charge is -2.13. The highest BCUT2D eigenvalue weighted by atomic mass is 32.2. The number of rotatable bonds is 8. The van der Waals surface area contributed by atoms with Crippen LogP contribution in [0.1, 0.15) is 12.5 Å². The Labute approximate surface area is 115 Å². The Hall–Kier alpha value is -1.33. The zero-order valence-corrected chi connectivity index (χ0v) is 12.2.